The fourth-order valence-electron chi connectivity index (χ4n) is 1.30. The van der Waals surface area contributed by atoms with Gasteiger partial charge in [-0.2, -0.15) is 10.2 Å². The van der Waals surface area contributed by atoms with E-state index in [1.807, 2.05) is 6.07 Å². The standard InChI is InChI=1S/C11H9N5O2/c1-2-13-10(17)9-15-11(18-16-9)7-3-4-14-8(5-7)6-12/h3-5H,2H2,1H3,(H,13,17). The summed E-state index contributed by atoms with van der Waals surface area (Å²) in [7, 11) is 0. The van der Waals surface area contributed by atoms with Crippen molar-refractivity contribution >= 4 is 5.91 Å². The second-order valence-corrected chi connectivity index (χ2v) is 3.32. The zero-order valence-corrected chi connectivity index (χ0v) is 9.54. The minimum atomic E-state index is -0.401. The van der Waals surface area contributed by atoms with Crippen LogP contribution in [0.2, 0.25) is 0 Å². The van der Waals surface area contributed by atoms with Crippen molar-refractivity contribution in [3.8, 4) is 17.5 Å². The summed E-state index contributed by atoms with van der Waals surface area (Å²) in [5, 5.41) is 14.9. The van der Waals surface area contributed by atoms with Crippen LogP contribution >= 0.6 is 0 Å². The Morgan fingerprint density at radius 2 is 2.44 bits per heavy atom. The van der Waals surface area contributed by atoms with Crippen LogP contribution in [0, 0.1) is 11.3 Å². The van der Waals surface area contributed by atoms with E-state index in [-0.39, 0.29) is 17.4 Å². The summed E-state index contributed by atoms with van der Waals surface area (Å²) in [4.78, 5) is 19.2. The molecule has 2 rings (SSSR count). The molecule has 0 bridgehead atoms. The van der Waals surface area contributed by atoms with E-state index in [1.54, 1.807) is 13.0 Å². The van der Waals surface area contributed by atoms with Crippen molar-refractivity contribution in [1.29, 1.82) is 5.26 Å². The number of nitrogens with zero attached hydrogens (tertiary/aromatic N) is 4. The van der Waals surface area contributed by atoms with Crippen LogP contribution < -0.4 is 5.32 Å². The monoisotopic (exact) mass is 243 g/mol. The maximum Gasteiger partial charge on any atom is 0.292 e. The number of amides is 1. The molecule has 0 aliphatic rings. The number of carbonyl (C=O) groups excluding carboxylic acids is 1. The molecule has 0 spiro atoms. The lowest BCUT2D eigenvalue weighted by atomic mass is 10.2. The predicted octanol–water partition coefficient (Wildman–Crippen LogP) is 0.753. The molecule has 0 saturated carbocycles. The third-order valence-electron chi connectivity index (χ3n) is 2.09. The van der Waals surface area contributed by atoms with Gasteiger partial charge >= 0.3 is 0 Å². The molecular formula is C11H9N5O2. The average molecular weight is 243 g/mol. The molecule has 90 valence electrons. The second-order valence-electron chi connectivity index (χ2n) is 3.32. The van der Waals surface area contributed by atoms with Gasteiger partial charge < -0.3 is 9.84 Å². The number of carbonyl (C=O) groups is 1. The Balaban J connectivity index is 2.29. The molecule has 0 unspecified atom stereocenters. The van der Waals surface area contributed by atoms with Crippen molar-refractivity contribution in [3.05, 3.63) is 29.8 Å². The van der Waals surface area contributed by atoms with Crippen molar-refractivity contribution in [2.75, 3.05) is 6.54 Å². The third-order valence-corrected chi connectivity index (χ3v) is 2.09. The van der Waals surface area contributed by atoms with E-state index in [0.29, 0.717) is 12.1 Å². The van der Waals surface area contributed by atoms with Crippen molar-refractivity contribution < 1.29 is 9.32 Å². The number of pyridine rings is 1. The molecule has 0 saturated heterocycles. The van der Waals surface area contributed by atoms with E-state index < -0.39 is 5.91 Å². The van der Waals surface area contributed by atoms with Gasteiger partial charge in [0.2, 0.25) is 0 Å². The zero-order chi connectivity index (χ0) is 13.0. The Morgan fingerprint density at radius 1 is 1.61 bits per heavy atom. The first-order valence-electron chi connectivity index (χ1n) is 5.23. The number of nitrogens with one attached hydrogen (secondary N) is 1. The summed E-state index contributed by atoms with van der Waals surface area (Å²) in [5.41, 5.74) is 0.787. The number of hydrogen-bond donors (Lipinski definition) is 1. The molecule has 0 aliphatic heterocycles. The molecule has 7 nitrogen and oxygen atoms in total. The average Bonchev–Trinajstić information content (AvgIpc) is 2.89. The normalized spacial score (nSPS) is 9.78. The Hall–Kier alpha value is -2.75. The SMILES string of the molecule is CCNC(=O)c1noc(-c2ccnc(C#N)c2)n1. The van der Waals surface area contributed by atoms with Gasteiger partial charge in [-0.1, -0.05) is 5.16 Å². The minimum absolute atomic E-state index is 0.0397. The van der Waals surface area contributed by atoms with Gasteiger partial charge in [-0.05, 0) is 19.1 Å². The van der Waals surface area contributed by atoms with E-state index in [1.165, 1.54) is 12.3 Å². The summed E-state index contributed by atoms with van der Waals surface area (Å²) in [6.45, 7) is 2.28. The van der Waals surface area contributed by atoms with E-state index >= 15 is 0 Å². The van der Waals surface area contributed by atoms with Crippen molar-refractivity contribution in [2.45, 2.75) is 6.92 Å². The van der Waals surface area contributed by atoms with Crippen LogP contribution in [0.1, 0.15) is 23.2 Å². The lowest BCUT2D eigenvalue weighted by molar-refractivity contribution is 0.0942. The smallest absolute Gasteiger partial charge is 0.292 e. The lowest BCUT2D eigenvalue weighted by Gasteiger charge is -1.94. The Morgan fingerprint density at radius 3 is 3.17 bits per heavy atom. The number of rotatable bonds is 3. The van der Waals surface area contributed by atoms with Crippen LogP contribution in [0.15, 0.2) is 22.9 Å². The van der Waals surface area contributed by atoms with Gasteiger partial charge in [-0.3, -0.25) is 4.79 Å². The van der Waals surface area contributed by atoms with Crippen molar-refractivity contribution in [1.82, 2.24) is 20.4 Å². The van der Waals surface area contributed by atoms with Gasteiger partial charge in [0.25, 0.3) is 17.6 Å². The highest BCUT2D eigenvalue weighted by Crippen LogP contribution is 2.16. The summed E-state index contributed by atoms with van der Waals surface area (Å²) in [6.07, 6.45) is 1.46. The highest BCUT2D eigenvalue weighted by atomic mass is 16.5. The van der Waals surface area contributed by atoms with E-state index in [9.17, 15) is 4.79 Å². The highest BCUT2D eigenvalue weighted by Gasteiger charge is 2.15. The quantitative estimate of drug-likeness (QED) is 0.852. The summed E-state index contributed by atoms with van der Waals surface area (Å²) in [5.74, 6) is -0.264. The molecule has 1 N–H and O–H groups in total. The first kappa shape index (κ1) is 11.7. The molecule has 0 atom stereocenters. The Labute approximate surface area is 102 Å². The topological polar surface area (TPSA) is 105 Å². The van der Waals surface area contributed by atoms with Gasteiger partial charge in [-0.25, -0.2) is 4.98 Å². The lowest BCUT2D eigenvalue weighted by Crippen LogP contribution is -2.23. The first-order chi connectivity index (χ1) is 8.74. The Bertz CT molecular complexity index is 614. The van der Waals surface area contributed by atoms with Crippen LogP contribution in [-0.4, -0.2) is 27.6 Å². The number of nitriles is 1. The largest absolute Gasteiger partial charge is 0.349 e. The molecule has 2 aromatic heterocycles. The fraction of sp³-hybridized carbons (Fsp3) is 0.182. The Kier molecular flexibility index (Phi) is 3.29. The van der Waals surface area contributed by atoms with Crippen molar-refractivity contribution in [2.24, 2.45) is 0 Å². The maximum atomic E-state index is 11.5. The highest BCUT2D eigenvalue weighted by molar-refractivity contribution is 5.90. The van der Waals surface area contributed by atoms with Crippen LogP contribution in [0.25, 0.3) is 11.5 Å². The van der Waals surface area contributed by atoms with Crippen LogP contribution in [-0.2, 0) is 0 Å². The van der Waals surface area contributed by atoms with Crippen LogP contribution in [0.4, 0.5) is 0 Å². The fourth-order valence-corrected chi connectivity index (χ4v) is 1.30. The van der Waals surface area contributed by atoms with Gasteiger partial charge in [0.05, 0.1) is 0 Å². The van der Waals surface area contributed by atoms with Gasteiger partial charge in [-0.15, -0.1) is 0 Å². The summed E-state index contributed by atoms with van der Waals surface area (Å²) >= 11 is 0. The summed E-state index contributed by atoms with van der Waals surface area (Å²) < 4.78 is 4.96. The molecule has 2 aromatic rings. The molecule has 18 heavy (non-hydrogen) atoms. The van der Waals surface area contributed by atoms with E-state index in [2.05, 4.69) is 20.4 Å². The molecule has 0 aromatic carbocycles. The predicted molar refractivity (Wildman–Crippen MR) is 60.3 cm³/mol. The van der Waals surface area contributed by atoms with Gasteiger partial charge in [0.1, 0.15) is 11.8 Å². The zero-order valence-electron chi connectivity index (χ0n) is 9.54. The van der Waals surface area contributed by atoms with Crippen molar-refractivity contribution in [3.63, 3.8) is 0 Å². The molecular weight excluding hydrogens is 234 g/mol. The first-order valence-corrected chi connectivity index (χ1v) is 5.23. The molecule has 0 fully saturated rings. The van der Waals surface area contributed by atoms with E-state index in [4.69, 9.17) is 9.78 Å². The minimum Gasteiger partial charge on any atom is -0.349 e. The van der Waals surface area contributed by atoms with E-state index in [0.717, 1.165) is 0 Å². The van der Waals surface area contributed by atoms with Gasteiger partial charge in [0, 0.05) is 18.3 Å². The molecule has 7 heteroatoms. The molecule has 0 radical (unpaired) electrons. The maximum absolute atomic E-state index is 11.5. The number of hydrogen-bond acceptors (Lipinski definition) is 6. The molecule has 0 aliphatic carbocycles. The second kappa shape index (κ2) is 5.05. The molecule has 2 heterocycles. The molecule has 1 amide bonds. The van der Waals surface area contributed by atoms with Gasteiger partial charge in [0.15, 0.2) is 0 Å². The van der Waals surface area contributed by atoms with Crippen LogP contribution in [0.3, 0.4) is 0 Å². The summed E-state index contributed by atoms with van der Waals surface area (Å²) in [6, 6.07) is 5.04. The van der Waals surface area contributed by atoms with Crippen LogP contribution in [0.5, 0.6) is 0 Å². The third kappa shape index (κ3) is 2.32. The number of aromatic nitrogens is 3.